The van der Waals surface area contributed by atoms with Crippen molar-refractivity contribution in [2.75, 3.05) is 11.8 Å². The summed E-state index contributed by atoms with van der Waals surface area (Å²) >= 11 is 17.8. The average Bonchev–Trinajstić information content (AvgIpc) is 2.96. The molecule has 0 saturated heterocycles. The molecule has 1 aromatic carbocycles. The van der Waals surface area contributed by atoms with Gasteiger partial charge < -0.3 is 4.74 Å². The lowest BCUT2D eigenvalue weighted by Crippen LogP contribution is -2.15. The number of nitrogens with one attached hydrogen (secondary N) is 1. The molecule has 0 saturated carbocycles. The molecule has 2 aromatic heterocycles. The number of para-hydroxylation sites is 1. The summed E-state index contributed by atoms with van der Waals surface area (Å²) in [5, 5.41) is 3.48. The number of sulfonamides is 1. The van der Waals surface area contributed by atoms with Crippen molar-refractivity contribution >= 4 is 56.2 Å². The summed E-state index contributed by atoms with van der Waals surface area (Å²) in [6, 6.07) is 5.96. The number of hydrogen-bond donors (Lipinski definition) is 1. The van der Waals surface area contributed by atoms with Crippen LogP contribution in [0.4, 0.5) is 5.69 Å². The average molecular weight is 409 g/mol. The number of aromatic nitrogens is 4. The van der Waals surface area contributed by atoms with Crippen LogP contribution in [0.2, 0.25) is 15.3 Å². The quantitative estimate of drug-likeness (QED) is 0.667. The van der Waals surface area contributed by atoms with Crippen LogP contribution in [0.1, 0.15) is 0 Å². The van der Waals surface area contributed by atoms with Crippen LogP contribution < -0.4 is 9.46 Å². The Bertz CT molecular complexity index is 1020. The molecule has 0 amide bonds. The van der Waals surface area contributed by atoms with Crippen molar-refractivity contribution in [2.24, 2.45) is 0 Å². The molecule has 0 atom stereocenters. The minimum atomic E-state index is -4.15. The number of nitrogens with zero attached hydrogens (tertiary/aromatic N) is 4. The number of methoxy groups -OCH3 is 1. The van der Waals surface area contributed by atoms with Gasteiger partial charge in [-0.15, -0.1) is 5.10 Å². The lowest BCUT2D eigenvalue weighted by Gasteiger charge is -2.08. The molecule has 12 heteroatoms. The third-order valence-corrected chi connectivity index (χ3v) is 4.89. The number of anilines is 1. The molecule has 0 bridgehead atoms. The molecule has 0 aliphatic heterocycles. The molecule has 3 rings (SSSR count). The SMILES string of the molecule is COc1cc2nc(S(=O)(=O)Nc3c(Cl)cccc3Cl)nn2c(Cl)n1. The predicted molar refractivity (Wildman–Crippen MR) is 89.6 cm³/mol. The first-order valence-electron chi connectivity index (χ1n) is 6.26. The highest BCUT2D eigenvalue weighted by Gasteiger charge is 2.24. The number of rotatable bonds is 4. The van der Waals surface area contributed by atoms with E-state index < -0.39 is 15.2 Å². The maximum absolute atomic E-state index is 12.5. The molecule has 0 radical (unpaired) electrons. The number of fused-ring (bicyclic) bond motifs is 1. The zero-order valence-corrected chi connectivity index (χ0v) is 14.9. The van der Waals surface area contributed by atoms with Gasteiger partial charge in [0.1, 0.15) is 0 Å². The normalized spacial score (nSPS) is 11.7. The first-order valence-corrected chi connectivity index (χ1v) is 8.87. The Hall–Kier alpha value is -1.81. The topological polar surface area (TPSA) is 98.5 Å². The molecular weight excluding hydrogens is 401 g/mol. The van der Waals surface area contributed by atoms with Gasteiger partial charge in [0.2, 0.25) is 11.2 Å². The second-order valence-corrected chi connectivity index (χ2v) is 7.16. The van der Waals surface area contributed by atoms with Crippen molar-refractivity contribution in [3.63, 3.8) is 0 Å². The Morgan fingerprint density at radius 1 is 1.17 bits per heavy atom. The molecule has 0 spiro atoms. The summed E-state index contributed by atoms with van der Waals surface area (Å²) in [6.07, 6.45) is 0. The van der Waals surface area contributed by atoms with Crippen LogP contribution in [0.15, 0.2) is 29.4 Å². The molecule has 1 N–H and O–H groups in total. The highest BCUT2D eigenvalue weighted by atomic mass is 35.5. The summed E-state index contributed by atoms with van der Waals surface area (Å²) < 4.78 is 33.2. The van der Waals surface area contributed by atoms with Crippen molar-refractivity contribution in [1.29, 1.82) is 0 Å². The van der Waals surface area contributed by atoms with E-state index in [2.05, 4.69) is 19.8 Å². The molecule has 0 unspecified atom stereocenters. The van der Waals surface area contributed by atoms with Crippen molar-refractivity contribution in [2.45, 2.75) is 5.16 Å². The summed E-state index contributed by atoms with van der Waals surface area (Å²) in [5.41, 5.74) is 0.180. The second kappa shape index (κ2) is 6.25. The Kier molecular flexibility index (Phi) is 4.43. The largest absolute Gasteiger partial charge is 0.481 e. The molecule has 2 heterocycles. The first kappa shape index (κ1) is 17.0. The van der Waals surface area contributed by atoms with Gasteiger partial charge >= 0.3 is 0 Å². The smallest absolute Gasteiger partial charge is 0.299 e. The van der Waals surface area contributed by atoms with Crippen molar-refractivity contribution in [3.8, 4) is 5.88 Å². The van der Waals surface area contributed by atoms with Crippen LogP contribution >= 0.6 is 34.8 Å². The van der Waals surface area contributed by atoms with Crippen LogP contribution in [0.3, 0.4) is 0 Å². The fourth-order valence-electron chi connectivity index (χ4n) is 1.81. The maximum atomic E-state index is 12.5. The van der Waals surface area contributed by atoms with E-state index in [9.17, 15) is 8.42 Å². The number of halogens is 3. The molecule has 0 aliphatic rings. The van der Waals surface area contributed by atoms with Gasteiger partial charge in [0.25, 0.3) is 15.2 Å². The molecule has 126 valence electrons. The van der Waals surface area contributed by atoms with Gasteiger partial charge in [0.05, 0.1) is 22.8 Å². The van der Waals surface area contributed by atoms with Gasteiger partial charge in [-0.2, -0.15) is 22.9 Å². The monoisotopic (exact) mass is 407 g/mol. The zero-order chi connectivity index (χ0) is 17.5. The molecule has 3 aromatic rings. The van der Waals surface area contributed by atoms with E-state index in [4.69, 9.17) is 39.5 Å². The Morgan fingerprint density at radius 2 is 1.83 bits per heavy atom. The summed E-state index contributed by atoms with van der Waals surface area (Å²) in [4.78, 5) is 7.79. The molecule has 0 aliphatic carbocycles. The summed E-state index contributed by atoms with van der Waals surface area (Å²) in [6.45, 7) is 0. The van der Waals surface area contributed by atoms with Gasteiger partial charge in [-0.1, -0.05) is 29.3 Å². The van der Waals surface area contributed by atoms with Crippen molar-refractivity contribution in [3.05, 3.63) is 39.6 Å². The number of ether oxygens (including phenoxy) is 1. The van der Waals surface area contributed by atoms with E-state index in [0.29, 0.717) is 0 Å². The highest BCUT2D eigenvalue weighted by Crippen LogP contribution is 2.31. The fourth-order valence-corrected chi connectivity index (χ4v) is 3.60. The number of hydrogen-bond acceptors (Lipinski definition) is 6. The van der Waals surface area contributed by atoms with E-state index in [1.54, 1.807) is 6.07 Å². The Labute approximate surface area is 151 Å². The molecule has 24 heavy (non-hydrogen) atoms. The second-order valence-electron chi connectivity index (χ2n) is 4.43. The molecule has 8 nitrogen and oxygen atoms in total. The zero-order valence-electron chi connectivity index (χ0n) is 11.9. The van der Waals surface area contributed by atoms with Gasteiger partial charge in [-0.05, 0) is 23.7 Å². The molecular formula is C12H8Cl3N5O3S. The Morgan fingerprint density at radius 3 is 2.46 bits per heavy atom. The van der Waals surface area contributed by atoms with E-state index in [1.807, 2.05) is 0 Å². The van der Waals surface area contributed by atoms with Crippen LogP contribution in [0.5, 0.6) is 5.88 Å². The van der Waals surface area contributed by atoms with Gasteiger partial charge in [-0.25, -0.2) is 0 Å². The van der Waals surface area contributed by atoms with Crippen LogP contribution in [0, 0.1) is 0 Å². The maximum Gasteiger partial charge on any atom is 0.299 e. The summed E-state index contributed by atoms with van der Waals surface area (Å²) in [5.74, 6) is 0.172. The van der Waals surface area contributed by atoms with Crippen LogP contribution in [0.25, 0.3) is 5.65 Å². The van der Waals surface area contributed by atoms with Crippen molar-refractivity contribution in [1.82, 2.24) is 19.6 Å². The predicted octanol–water partition coefficient (Wildman–Crippen LogP) is 2.89. The summed E-state index contributed by atoms with van der Waals surface area (Å²) in [7, 11) is -2.75. The minimum absolute atomic E-state index is 0.0292. The Balaban J connectivity index is 2.07. The lowest BCUT2D eigenvalue weighted by atomic mass is 10.3. The van der Waals surface area contributed by atoms with Gasteiger partial charge in [0.15, 0.2) is 5.65 Å². The lowest BCUT2D eigenvalue weighted by molar-refractivity contribution is 0.397. The third kappa shape index (κ3) is 3.07. The third-order valence-electron chi connectivity index (χ3n) is 2.89. The number of benzene rings is 1. The van der Waals surface area contributed by atoms with Gasteiger partial charge in [-0.3, -0.25) is 4.72 Å². The van der Waals surface area contributed by atoms with Crippen LogP contribution in [-0.2, 0) is 10.0 Å². The van der Waals surface area contributed by atoms with E-state index in [-0.39, 0.29) is 32.5 Å². The fraction of sp³-hybridized carbons (Fsp3) is 0.0833. The van der Waals surface area contributed by atoms with Crippen LogP contribution in [-0.4, -0.2) is 35.1 Å². The van der Waals surface area contributed by atoms with E-state index >= 15 is 0 Å². The van der Waals surface area contributed by atoms with Crippen molar-refractivity contribution < 1.29 is 13.2 Å². The van der Waals surface area contributed by atoms with Gasteiger partial charge in [0, 0.05) is 6.07 Å². The highest BCUT2D eigenvalue weighted by molar-refractivity contribution is 7.92. The standard InChI is InChI=1S/C12H8Cl3N5O3S/c1-23-9-5-8-16-12(18-20(8)11(15)17-9)24(21,22)19-10-6(13)3-2-4-7(10)14/h2-5,19H,1H3. The first-order chi connectivity index (χ1) is 11.3. The van der Waals surface area contributed by atoms with E-state index in [0.717, 1.165) is 4.52 Å². The molecule has 0 fully saturated rings. The van der Waals surface area contributed by atoms with E-state index in [1.165, 1.54) is 25.3 Å². The minimum Gasteiger partial charge on any atom is -0.481 e.